The van der Waals surface area contributed by atoms with Gasteiger partial charge in [0.05, 0.1) is 12.1 Å². The summed E-state index contributed by atoms with van der Waals surface area (Å²) < 4.78 is 18.2. The number of nitrogens with one attached hydrogen (secondary N) is 1. The van der Waals surface area contributed by atoms with Gasteiger partial charge < -0.3 is 10.1 Å². The Balaban J connectivity index is 1.77. The maximum atomic E-state index is 13.0. The number of hydrogen-bond acceptors (Lipinski definition) is 8. The highest BCUT2D eigenvalue weighted by Gasteiger charge is 2.13. The molecule has 0 saturated carbocycles. The molecule has 0 fully saturated rings. The van der Waals surface area contributed by atoms with E-state index in [4.69, 9.17) is 21.2 Å². The lowest BCUT2D eigenvalue weighted by Crippen LogP contribution is -2.10. The molecule has 1 N–H and O–H groups in total. The van der Waals surface area contributed by atoms with E-state index >= 15 is 0 Å². The van der Waals surface area contributed by atoms with Gasteiger partial charge in [0.1, 0.15) is 5.82 Å². The molecule has 0 saturated heterocycles. The quantitative estimate of drug-likeness (QED) is 0.423. The molecule has 0 amide bonds. The van der Waals surface area contributed by atoms with E-state index < -0.39 is 5.97 Å². The molecule has 0 aliphatic carbocycles. The molecule has 0 aliphatic heterocycles. The summed E-state index contributed by atoms with van der Waals surface area (Å²) in [5.41, 5.74) is 1.51. The summed E-state index contributed by atoms with van der Waals surface area (Å²) in [5, 5.41) is 3.34. The van der Waals surface area contributed by atoms with Crippen LogP contribution in [0.15, 0.2) is 42.5 Å². The highest BCUT2D eigenvalue weighted by Crippen LogP contribution is 2.30. The number of rotatable bonds is 8. The number of halogens is 2. The van der Waals surface area contributed by atoms with Gasteiger partial charge in [-0.3, -0.25) is 9.78 Å². The first kappa shape index (κ1) is 21.3. The Kier molecular flexibility index (Phi) is 6.97. The van der Waals surface area contributed by atoms with Crippen LogP contribution in [0.4, 0.5) is 10.3 Å². The van der Waals surface area contributed by atoms with E-state index in [2.05, 4.69) is 25.2 Å². The van der Waals surface area contributed by atoms with Crippen molar-refractivity contribution >= 4 is 23.5 Å². The van der Waals surface area contributed by atoms with Gasteiger partial charge in [-0.15, -0.1) is 0 Å². The van der Waals surface area contributed by atoms with E-state index in [1.165, 1.54) is 32.2 Å². The molecule has 0 radical (unpaired) electrons. The molecule has 0 atom stereocenters. The molecule has 2 aromatic carbocycles. The van der Waals surface area contributed by atoms with Crippen LogP contribution in [0.2, 0.25) is 5.02 Å². The van der Waals surface area contributed by atoms with Crippen LogP contribution in [-0.2, 0) is 16.1 Å². The number of benzene rings is 2. The minimum Gasteiger partial charge on any atom is -0.467 e. The smallest absolute Gasteiger partial charge is 0.352 e. The number of hydrogen-bond donors (Lipinski definition) is 1. The second-order valence-electron chi connectivity index (χ2n) is 6.08. The molecular weight excluding hydrogens is 415 g/mol. The largest absolute Gasteiger partial charge is 0.467 e. The highest BCUT2D eigenvalue weighted by atomic mass is 35.5. The molecule has 8 nitrogen and oxygen atoms in total. The van der Waals surface area contributed by atoms with Crippen LogP contribution >= 0.6 is 11.6 Å². The Morgan fingerprint density at radius 3 is 2.60 bits per heavy atom. The predicted molar refractivity (Wildman–Crippen MR) is 108 cm³/mol. The minimum atomic E-state index is -0.619. The summed E-state index contributed by atoms with van der Waals surface area (Å²) in [6, 6.07) is 11.1. The van der Waals surface area contributed by atoms with E-state index in [0.717, 1.165) is 5.56 Å². The van der Waals surface area contributed by atoms with Gasteiger partial charge in [0.25, 0.3) is 0 Å². The van der Waals surface area contributed by atoms with Crippen molar-refractivity contribution < 1.29 is 23.7 Å². The van der Waals surface area contributed by atoms with Crippen molar-refractivity contribution in [3.05, 3.63) is 58.9 Å². The Hall–Kier alpha value is -3.46. The molecule has 30 heavy (non-hydrogen) atoms. The van der Waals surface area contributed by atoms with Crippen molar-refractivity contribution in [2.24, 2.45) is 0 Å². The van der Waals surface area contributed by atoms with Crippen LogP contribution in [0, 0.1) is 5.82 Å². The summed E-state index contributed by atoms with van der Waals surface area (Å²) in [6.45, 7) is 1.72. The highest BCUT2D eigenvalue weighted by molar-refractivity contribution is 6.32. The number of methoxy groups -OCH3 is 1. The average Bonchev–Trinajstić information content (AvgIpc) is 2.74. The first-order valence-electron chi connectivity index (χ1n) is 8.88. The normalized spacial score (nSPS) is 10.4. The van der Waals surface area contributed by atoms with Gasteiger partial charge in [0.2, 0.25) is 5.95 Å². The standard InChI is InChI=1S/C20H18ClFN4O4/c1-12(27)29-30-17-11-14(5-8-16(17)21)18-24-19(26-20(25-18)28-2)23-10-9-13-3-6-15(22)7-4-13/h3-8,11H,9-10H2,1-2H3,(H,23,24,25,26). The zero-order valence-corrected chi connectivity index (χ0v) is 16.9. The first-order valence-corrected chi connectivity index (χ1v) is 9.26. The predicted octanol–water partition coefficient (Wildman–Crippen LogP) is 3.85. The van der Waals surface area contributed by atoms with Gasteiger partial charge in [0, 0.05) is 19.0 Å². The van der Waals surface area contributed by atoms with Crippen molar-refractivity contribution in [2.75, 3.05) is 19.0 Å². The third-order valence-corrected chi connectivity index (χ3v) is 4.16. The van der Waals surface area contributed by atoms with Gasteiger partial charge in [-0.2, -0.15) is 15.0 Å². The zero-order valence-electron chi connectivity index (χ0n) is 16.2. The number of ether oxygens (including phenoxy) is 1. The van der Waals surface area contributed by atoms with Crippen LogP contribution in [0.25, 0.3) is 11.4 Å². The maximum absolute atomic E-state index is 13.0. The molecule has 156 valence electrons. The summed E-state index contributed by atoms with van der Waals surface area (Å²) in [7, 11) is 1.44. The van der Waals surface area contributed by atoms with Crippen molar-refractivity contribution in [1.82, 2.24) is 15.0 Å². The molecule has 10 heteroatoms. The van der Waals surface area contributed by atoms with Crippen LogP contribution in [-0.4, -0.2) is 34.6 Å². The second kappa shape index (κ2) is 9.84. The Morgan fingerprint density at radius 1 is 1.13 bits per heavy atom. The fourth-order valence-corrected chi connectivity index (χ4v) is 2.58. The van der Waals surface area contributed by atoms with Crippen molar-refractivity contribution in [1.29, 1.82) is 0 Å². The minimum absolute atomic E-state index is 0.113. The summed E-state index contributed by atoms with van der Waals surface area (Å²) >= 11 is 6.06. The van der Waals surface area contributed by atoms with Gasteiger partial charge in [0.15, 0.2) is 11.6 Å². The third-order valence-electron chi connectivity index (χ3n) is 3.85. The van der Waals surface area contributed by atoms with Gasteiger partial charge in [-0.1, -0.05) is 23.7 Å². The summed E-state index contributed by atoms with van der Waals surface area (Å²) in [5.74, 6) is -0.161. The molecule has 1 heterocycles. The fourth-order valence-electron chi connectivity index (χ4n) is 2.44. The third kappa shape index (κ3) is 5.77. The Morgan fingerprint density at radius 2 is 1.90 bits per heavy atom. The van der Waals surface area contributed by atoms with Gasteiger partial charge >= 0.3 is 12.0 Å². The lowest BCUT2D eigenvalue weighted by atomic mass is 10.1. The molecule has 3 rings (SSSR count). The lowest BCUT2D eigenvalue weighted by Gasteiger charge is -2.10. The molecule has 1 aromatic heterocycles. The number of carbonyl (C=O) groups is 1. The van der Waals surface area contributed by atoms with E-state index in [1.54, 1.807) is 24.3 Å². The van der Waals surface area contributed by atoms with Crippen molar-refractivity contribution in [3.63, 3.8) is 0 Å². The van der Waals surface area contributed by atoms with Crippen LogP contribution in [0.1, 0.15) is 12.5 Å². The summed E-state index contributed by atoms with van der Waals surface area (Å²) in [4.78, 5) is 33.2. The Labute approximate surface area is 176 Å². The van der Waals surface area contributed by atoms with Crippen molar-refractivity contribution in [3.8, 4) is 23.1 Å². The van der Waals surface area contributed by atoms with E-state index in [-0.39, 0.29) is 22.6 Å². The molecule has 0 bridgehead atoms. The molecular formula is C20H18ClFN4O4. The lowest BCUT2D eigenvalue weighted by molar-refractivity contribution is -0.210. The molecule has 0 unspecified atom stereocenters. The van der Waals surface area contributed by atoms with Crippen LogP contribution in [0.5, 0.6) is 11.8 Å². The maximum Gasteiger partial charge on any atom is 0.352 e. The average molecular weight is 433 g/mol. The van der Waals surface area contributed by atoms with E-state index in [1.807, 2.05) is 0 Å². The second-order valence-corrected chi connectivity index (χ2v) is 6.48. The van der Waals surface area contributed by atoms with E-state index in [9.17, 15) is 9.18 Å². The van der Waals surface area contributed by atoms with Crippen molar-refractivity contribution in [2.45, 2.75) is 13.3 Å². The summed E-state index contributed by atoms with van der Waals surface area (Å²) in [6.07, 6.45) is 0.644. The fraction of sp³-hybridized carbons (Fsp3) is 0.200. The molecule has 3 aromatic rings. The SMILES string of the molecule is COc1nc(NCCc2ccc(F)cc2)nc(-c2ccc(Cl)c(OOC(C)=O)c2)n1. The van der Waals surface area contributed by atoms with Crippen LogP contribution < -0.4 is 14.9 Å². The molecule has 0 spiro atoms. The topological polar surface area (TPSA) is 95.5 Å². The Bertz CT molecular complexity index is 1030. The van der Waals surface area contributed by atoms with Gasteiger partial charge in [-0.05, 0) is 42.3 Å². The molecule has 0 aliphatic rings. The number of aromatic nitrogens is 3. The zero-order chi connectivity index (χ0) is 21.5. The van der Waals surface area contributed by atoms with Gasteiger partial charge in [-0.25, -0.2) is 9.18 Å². The number of anilines is 1. The number of carbonyl (C=O) groups excluding carboxylic acids is 1. The first-order chi connectivity index (χ1) is 14.4. The number of nitrogens with zero attached hydrogens (tertiary/aromatic N) is 3. The monoisotopic (exact) mass is 432 g/mol. The van der Waals surface area contributed by atoms with E-state index in [0.29, 0.717) is 30.3 Å². The van der Waals surface area contributed by atoms with Crippen LogP contribution in [0.3, 0.4) is 0 Å².